The van der Waals surface area contributed by atoms with E-state index in [2.05, 4.69) is 4.85 Å². The van der Waals surface area contributed by atoms with Gasteiger partial charge >= 0.3 is 5.97 Å². The number of hydrogen-bond donors (Lipinski definition) is 0. The molecule has 0 N–H and O–H groups in total. The van der Waals surface area contributed by atoms with Crippen LogP contribution in [0.2, 0.25) is 0 Å². The van der Waals surface area contributed by atoms with E-state index in [9.17, 15) is 4.79 Å². The van der Waals surface area contributed by atoms with Crippen molar-refractivity contribution in [2.45, 2.75) is 20.8 Å². The normalized spacial score (nSPS) is 10.8. The van der Waals surface area contributed by atoms with E-state index in [1.807, 2.05) is 51.1 Å². The summed E-state index contributed by atoms with van der Waals surface area (Å²) >= 11 is 0. The fourth-order valence-electron chi connectivity index (χ4n) is 1.76. The molecule has 3 heteroatoms. The summed E-state index contributed by atoms with van der Waals surface area (Å²) < 4.78 is 5.52. The molecule has 0 aliphatic carbocycles. The van der Waals surface area contributed by atoms with Gasteiger partial charge in [-0.3, -0.25) is 4.79 Å². The third-order valence-corrected chi connectivity index (χ3v) is 3.01. The van der Waals surface area contributed by atoms with Gasteiger partial charge in [-0.15, -0.1) is 0 Å². The Morgan fingerprint density at radius 1 is 1.05 bits per heavy atom. The third kappa shape index (κ3) is 3.49. The van der Waals surface area contributed by atoms with Crippen LogP contribution in [0.25, 0.3) is 16.0 Å². The predicted octanol–water partition coefficient (Wildman–Crippen LogP) is 4.86. The first-order chi connectivity index (χ1) is 9.91. The highest BCUT2D eigenvalue weighted by atomic mass is 16.5. The van der Waals surface area contributed by atoms with E-state index in [0.29, 0.717) is 11.4 Å². The van der Waals surface area contributed by atoms with E-state index < -0.39 is 5.41 Å². The predicted molar refractivity (Wildman–Crippen MR) is 83.2 cm³/mol. The molecule has 0 aliphatic rings. The van der Waals surface area contributed by atoms with Crippen molar-refractivity contribution in [2.24, 2.45) is 5.41 Å². The highest BCUT2D eigenvalue weighted by molar-refractivity contribution is 5.81. The molecule has 106 valence electrons. The molecule has 0 aromatic heterocycles. The van der Waals surface area contributed by atoms with Gasteiger partial charge in [-0.25, -0.2) is 4.85 Å². The van der Waals surface area contributed by atoms with Gasteiger partial charge in [0.1, 0.15) is 5.75 Å². The summed E-state index contributed by atoms with van der Waals surface area (Å²) in [4.78, 5) is 15.4. The minimum Gasteiger partial charge on any atom is -0.425 e. The Labute approximate surface area is 125 Å². The van der Waals surface area contributed by atoms with E-state index in [1.165, 1.54) is 0 Å². The molecule has 0 fully saturated rings. The lowest BCUT2D eigenvalue weighted by Gasteiger charge is -2.18. The zero-order valence-corrected chi connectivity index (χ0v) is 12.4. The van der Waals surface area contributed by atoms with E-state index in [1.54, 1.807) is 18.2 Å². The Bertz CT molecular complexity index is 688. The van der Waals surface area contributed by atoms with Crippen molar-refractivity contribution in [3.8, 4) is 16.9 Å². The maximum absolute atomic E-state index is 12.1. The van der Waals surface area contributed by atoms with Crippen molar-refractivity contribution in [1.29, 1.82) is 0 Å². The summed E-state index contributed by atoms with van der Waals surface area (Å²) in [6.07, 6.45) is 0. The third-order valence-electron chi connectivity index (χ3n) is 3.01. The lowest BCUT2D eigenvalue weighted by atomic mass is 9.97. The molecule has 0 amide bonds. The van der Waals surface area contributed by atoms with E-state index in [-0.39, 0.29) is 5.97 Å². The molecule has 0 saturated carbocycles. The molecule has 2 aromatic rings. The maximum atomic E-state index is 12.1. The van der Waals surface area contributed by atoms with Crippen molar-refractivity contribution in [3.63, 3.8) is 0 Å². The number of carbonyl (C=O) groups excluding carboxylic acids is 1. The largest absolute Gasteiger partial charge is 0.425 e. The summed E-state index contributed by atoms with van der Waals surface area (Å²) in [5.41, 5.74) is 1.79. The number of hydrogen-bond acceptors (Lipinski definition) is 2. The highest BCUT2D eigenvalue weighted by Gasteiger charge is 2.24. The van der Waals surface area contributed by atoms with Crippen LogP contribution in [0.3, 0.4) is 0 Å². The van der Waals surface area contributed by atoms with Gasteiger partial charge in [-0.1, -0.05) is 42.5 Å². The number of benzene rings is 2. The molecular weight excluding hydrogens is 262 g/mol. The van der Waals surface area contributed by atoms with Crippen LogP contribution in [0.5, 0.6) is 5.75 Å². The Morgan fingerprint density at radius 3 is 2.24 bits per heavy atom. The van der Waals surface area contributed by atoms with Gasteiger partial charge in [-0.05, 0) is 32.4 Å². The van der Waals surface area contributed by atoms with Crippen LogP contribution in [-0.4, -0.2) is 5.97 Å². The zero-order valence-electron chi connectivity index (χ0n) is 12.4. The van der Waals surface area contributed by atoms with Crippen molar-refractivity contribution in [1.82, 2.24) is 0 Å². The number of rotatable bonds is 2. The molecular formula is C18H17NO2. The van der Waals surface area contributed by atoms with E-state index in [4.69, 9.17) is 11.3 Å². The van der Waals surface area contributed by atoms with Gasteiger partial charge in [0, 0.05) is 5.56 Å². The van der Waals surface area contributed by atoms with Gasteiger partial charge in [0.05, 0.1) is 12.0 Å². The summed E-state index contributed by atoms with van der Waals surface area (Å²) in [7, 11) is 0. The summed E-state index contributed by atoms with van der Waals surface area (Å²) in [5, 5.41) is 0. The van der Waals surface area contributed by atoms with E-state index in [0.717, 1.165) is 11.1 Å². The smallest absolute Gasteiger partial charge is 0.316 e. The van der Waals surface area contributed by atoms with Crippen molar-refractivity contribution < 1.29 is 9.53 Å². The molecule has 21 heavy (non-hydrogen) atoms. The van der Waals surface area contributed by atoms with Crippen LogP contribution in [0.15, 0.2) is 48.5 Å². The van der Waals surface area contributed by atoms with Crippen LogP contribution in [0.1, 0.15) is 20.8 Å². The zero-order chi connectivity index (χ0) is 15.5. The Balaban J connectivity index is 2.37. The number of ether oxygens (including phenoxy) is 1. The van der Waals surface area contributed by atoms with Crippen LogP contribution in [0.4, 0.5) is 5.69 Å². The van der Waals surface area contributed by atoms with Gasteiger partial charge in [-0.2, -0.15) is 0 Å². The molecule has 0 atom stereocenters. The fraction of sp³-hybridized carbons (Fsp3) is 0.222. The second-order valence-electron chi connectivity index (χ2n) is 5.79. The maximum Gasteiger partial charge on any atom is 0.316 e. The second kappa shape index (κ2) is 5.80. The van der Waals surface area contributed by atoms with Gasteiger partial charge in [0.15, 0.2) is 5.69 Å². The van der Waals surface area contributed by atoms with Crippen LogP contribution in [0, 0.1) is 12.0 Å². The topological polar surface area (TPSA) is 30.7 Å². The summed E-state index contributed by atoms with van der Waals surface area (Å²) in [5.74, 6) is 0.265. The molecule has 0 aliphatic heterocycles. The average molecular weight is 279 g/mol. The number of carbonyl (C=O) groups is 1. The lowest BCUT2D eigenvalue weighted by Crippen LogP contribution is -2.25. The van der Waals surface area contributed by atoms with Crippen molar-refractivity contribution in [2.75, 3.05) is 0 Å². The minimum atomic E-state index is -0.554. The number of nitrogens with zero attached hydrogens (tertiary/aromatic N) is 1. The lowest BCUT2D eigenvalue weighted by molar-refractivity contribution is -0.142. The SMILES string of the molecule is [C-]#[N+]c1ccc(-c2ccccc2OC(=O)C(C)(C)C)cc1. The monoisotopic (exact) mass is 279 g/mol. The van der Waals surface area contributed by atoms with E-state index >= 15 is 0 Å². The second-order valence-corrected chi connectivity index (χ2v) is 5.79. The summed E-state index contributed by atoms with van der Waals surface area (Å²) in [6.45, 7) is 12.4. The molecule has 2 rings (SSSR count). The van der Waals surface area contributed by atoms with Gasteiger partial charge < -0.3 is 4.74 Å². The first-order valence-electron chi connectivity index (χ1n) is 6.71. The molecule has 0 spiro atoms. The highest BCUT2D eigenvalue weighted by Crippen LogP contribution is 2.32. The standard InChI is InChI=1S/C18H17NO2/c1-18(2,3)17(20)21-16-8-6-5-7-15(16)13-9-11-14(19-4)12-10-13/h5-12H,1-3H3. The van der Waals surface area contributed by atoms with Gasteiger partial charge in [0.25, 0.3) is 0 Å². The first kappa shape index (κ1) is 14.8. The quantitative estimate of drug-likeness (QED) is 0.446. The molecule has 0 heterocycles. The van der Waals surface area contributed by atoms with Crippen LogP contribution in [-0.2, 0) is 4.79 Å². The Morgan fingerprint density at radius 2 is 1.67 bits per heavy atom. The Hall–Kier alpha value is -2.60. The molecule has 0 radical (unpaired) electrons. The number of para-hydroxylation sites is 1. The molecule has 0 saturated heterocycles. The first-order valence-corrected chi connectivity index (χ1v) is 6.71. The summed E-state index contributed by atoms with van der Waals surface area (Å²) in [6, 6.07) is 14.6. The molecule has 0 unspecified atom stereocenters. The van der Waals surface area contributed by atoms with Crippen molar-refractivity contribution in [3.05, 3.63) is 59.9 Å². The van der Waals surface area contributed by atoms with Gasteiger partial charge in [0.2, 0.25) is 0 Å². The number of esters is 1. The molecule has 2 aromatic carbocycles. The molecule has 3 nitrogen and oxygen atoms in total. The van der Waals surface area contributed by atoms with Crippen LogP contribution < -0.4 is 4.74 Å². The fourth-order valence-corrected chi connectivity index (χ4v) is 1.76. The average Bonchev–Trinajstić information content (AvgIpc) is 2.47. The van der Waals surface area contributed by atoms with Crippen molar-refractivity contribution >= 4 is 11.7 Å². The van der Waals surface area contributed by atoms with Crippen LogP contribution >= 0.6 is 0 Å². The minimum absolute atomic E-state index is 0.271. The Kier molecular flexibility index (Phi) is 4.09. The molecule has 0 bridgehead atoms.